The Labute approximate surface area is 138 Å². The molecule has 0 spiro atoms. The maximum absolute atomic E-state index is 12.2. The molecule has 1 atom stereocenters. The third kappa shape index (κ3) is 5.80. The predicted octanol–water partition coefficient (Wildman–Crippen LogP) is 1.18. The second-order valence-electron chi connectivity index (χ2n) is 6.79. The molecule has 0 aliphatic carbocycles. The van der Waals surface area contributed by atoms with Crippen LogP contribution in [0.2, 0.25) is 0 Å². The van der Waals surface area contributed by atoms with E-state index in [-0.39, 0.29) is 17.6 Å². The van der Waals surface area contributed by atoms with Gasteiger partial charge in [-0.25, -0.2) is 0 Å². The smallest absolute Gasteiger partial charge is 0.232 e. The van der Waals surface area contributed by atoms with E-state index in [1.54, 1.807) is 0 Å². The van der Waals surface area contributed by atoms with E-state index in [1.807, 2.05) is 4.90 Å². The molecule has 6 heteroatoms. The van der Waals surface area contributed by atoms with Gasteiger partial charge in [0.2, 0.25) is 11.8 Å². The summed E-state index contributed by atoms with van der Waals surface area (Å²) in [6.07, 6.45) is 4.93. The van der Waals surface area contributed by atoms with Gasteiger partial charge in [0.15, 0.2) is 0 Å². The van der Waals surface area contributed by atoms with Crippen molar-refractivity contribution in [3.63, 3.8) is 0 Å². The molecule has 0 saturated carbocycles. The number of hydrogen-bond donors (Lipinski definition) is 1. The molecule has 2 aliphatic heterocycles. The zero-order chi connectivity index (χ0) is 15.9. The molecule has 126 valence electrons. The molecule has 2 rings (SSSR count). The molecule has 2 saturated heterocycles. The molecular formula is C16H29N3O2S. The van der Waals surface area contributed by atoms with Crippen molar-refractivity contribution >= 4 is 23.6 Å². The van der Waals surface area contributed by atoms with Crippen molar-refractivity contribution in [1.29, 1.82) is 0 Å². The minimum atomic E-state index is -0.353. The number of likely N-dealkylation sites (tertiary alicyclic amines) is 2. The van der Waals surface area contributed by atoms with Crippen LogP contribution in [0.15, 0.2) is 0 Å². The SMILES string of the molecule is CC1CCN(CC2CCCN(C(=O)CSCC(N)=O)C2)CC1. The van der Waals surface area contributed by atoms with Gasteiger partial charge in [-0.2, -0.15) is 0 Å². The van der Waals surface area contributed by atoms with E-state index < -0.39 is 0 Å². The monoisotopic (exact) mass is 327 g/mol. The molecule has 0 aromatic rings. The number of carbonyl (C=O) groups excluding carboxylic acids is 2. The molecule has 0 bridgehead atoms. The number of thioether (sulfide) groups is 1. The highest BCUT2D eigenvalue weighted by atomic mass is 32.2. The van der Waals surface area contributed by atoms with Crippen LogP contribution in [0.3, 0.4) is 0 Å². The van der Waals surface area contributed by atoms with Crippen LogP contribution in [-0.4, -0.2) is 65.8 Å². The van der Waals surface area contributed by atoms with Crippen LogP contribution < -0.4 is 5.73 Å². The summed E-state index contributed by atoms with van der Waals surface area (Å²) in [5, 5.41) is 0. The molecule has 5 nitrogen and oxygen atoms in total. The Morgan fingerprint density at radius 1 is 1.14 bits per heavy atom. The van der Waals surface area contributed by atoms with Crippen molar-refractivity contribution in [3.05, 3.63) is 0 Å². The molecule has 2 heterocycles. The Morgan fingerprint density at radius 2 is 1.86 bits per heavy atom. The fourth-order valence-corrected chi connectivity index (χ4v) is 4.04. The van der Waals surface area contributed by atoms with Crippen LogP contribution in [0.5, 0.6) is 0 Å². The first kappa shape index (κ1) is 17.6. The first-order valence-electron chi connectivity index (χ1n) is 8.40. The summed E-state index contributed by atoms with van der Waals surface area (Å²) in [6.45, 7) is 7.62. The lowest BCUT2D eigenvalue weighted by Crippen LogP contribution is -2.45. The highest BCUT2D eigenvalue weighted by Crippen LogP contribution is 2.22. The van der Waals surface area contributed by atoms with Gasteiger partial charge in [-0.05, 0) is 50.6 Å². The van der Waals surface area contributed by atoms with Gasteiger partial charge in [0.25, 0.3) is 0 Å². The summed E-state index contributed by atoms with van der Waals surface area (Å²) in [5.41, 5.74) is 5.10. The predicted molar refractivity (Wildman–Crippen MR) is 90.7 cm³/mol. The highest BCUT2D eigenvalue weighted by Gasteiger charge is 2.26. The van der Waals surface area contributed by atoms with E-state index >= 15 is 0 Å². The normalized spacial score (nSPS) is 24.4. The number of carbonyl (C=O) groups is 2. The van der Waals surface area contributed by atoms with E-state index in [4.69, 9.17) is 5.73 Å². The fourth-order valence-electron chi connectivity index (χ4n) is 3.38. The Kier molecular flexibility index (Phi) is 7.02. The van der Waals surface area contributed by atoms with E-state index in [0.717, 1.165) is 32.0 Å². The second kappa shape index (κ2) is 8.77. The third-order valence-electron chi connectivity index (χ3n) is 4.73. The van der Waals surface area contributed by atoms with Gasteiger partial charge in [0, 0.05) is 19.6 Å². The van der Waals surface area contributed by atoms with Crippen LogP contribution in [0.1, 0.15) is 32.6 Å². The van der Waals surface area contributed by atoms with Crippen LogP contribution in [-0.2, 0) is 9.59 Å². The lowest BCUT2D eigenvalue weighted by molar-refractivity contribution is -0.130. The van der Waals surface area contributed by atoms with Crippen molar-refractivity contribution in [1.82, 2.24) is 9.80 Å². The van der Waals surface area contributed by atoms with E-state index in [9.17, 15) is 9.59 Å². The van der Waals surface area contributed by atoms with Crippen molar-refractivity contribution in [2.75, 3.05) is 44.2 Å². The molecular weight excluding hydrogens is 298 g/mol. The third-order valence-corrected chi connectivity index (χ3v) is 5.67. The zero-order valence-electron chi connectivity index (χ0n) is 13.6. The largest absolute Gasteiger partial charge is 0.369 e. The number of nitrogens with two attached hydrogens (primary N) is 1. The van der Waals surface area contributed by atoms with Crippen molar-refractivity contribution in [2.24, 2.45) is 17.6 Å². The lowest BCUT2D eigenvalue weighted by Gasteiger charge is -2.37. The molecule has 2 fully saturated rings. The number of nitrogens with zero attached hydrogens (tertiary/aromatic N) is 2. The second-order valence-corrected chi connectivity index (χ2v) is 7.78. The van der Waals surface area contributed by atoms with Gasteiger partial charge in [-0.1, -0.05) is 6.92 Å². The average molecular weight is 327 g/mol. The van der Waals surface area contributed by atoms with Crippen LogP contribution in [0.25, 0.3) is 0 Å². The fraction of sp³-hybridized carbons (Fsp3) is 0.875. The minimum Gasteiger partial charge on any atom is -0.369 e. The Balaban J connectivity index is 1.71. The number of rotatable bonds is 6. The molecule has 2 amide bonds. The summed E-state index contributed by atoms with van der Waals surface area (Å²) >= 11 is 1.32. The van der Waals surface area contributed by atoms with Crippen molar-refractivity contribution < 1.29 is 9.59 Å². The van der Waals surface area contributed by atoms with Gasteiger partial charge in [-0.3, -0.25) is 9.59 Å². The van der Waals surface area contributed by atoms with Crippen molar-refractivity contribution in [3.8, 4) is 0 Å². The summed E-state index contributed by atoms with van der Waals surface area (Å²) in [5.74, 6) is 1.87. The zero-order valence-corrected chi connectivity index (χ0v) is 14.4. The van der Waals surface area contributed by atoms with Gasteiger partial charge < -0.3 is 15.5 Å². The standard InChI is InChI=1S/C16H29N3O2S/c1-13-4-7-18(8-5-13)9-14-3-2-6-19(10-14)16(21)12-22-11-15(17)20/h13-14H,2-12H2,1H3,(H2,17,20). The first-order chi connectivity index (χ1) is 10.5. The van der Waals surface area contributed by atoms with E-state index in [0.29, 0.717) is 11.7 Å². The Hall–Kier alpha value is -0.750. The van der Waals surface area contributed by atoms with Gasteiger partial charge in [-0.15, -0.1) is 11.8 Å². The van der Waals surface area contributed by atoms with Gasteiger partial charge in [0.1, 0.15) is 0 Å². The van der Waals surface area contributed by atoms with Gasteiger partial charge >= 0.3 is 0 Å². The number of piperidine rings is 2. The summed E-state index contributed by atoms with van der Waals surface area (Å²) < 4.78 is 0. The van der Waals surface area contributed by atoms with Crippen LogP contribution in [0.4, 0.5) is 0 Å². The molecule has 1 unspecified atom stereocenters. The van der Waals surface area contributed by atoms with E-state index in [2.05, 4.69) is 11.8 Å². The van der Waals surface area contributed by atoms with Gasteiger partial charge in [0.05, 0.1) is 11.5 Å². The topological polar surface area (TPSA) is 66.6 Å². The van der Waals surface area contributed by atoms with Crippen LogP contribution in [0, 0.1) is 11.8 Å². The molecule has 0 aromatic heterocycles. The lowest BCUT2D eigenvalue weighted by atomic mass is 9.94. The molecule has 2 N–H and O–H groups in total. The Morgan fingerprint density at radius 3 is 2.55 bits per heavy atom. The van der Waals surface area contributed by atoms with Crippen LogP contribution >= 0.6 is 11.8 Å². The number of hydrogen-bond acceptors (Lipinski definition) is 4. The summed E-state index contributed by atoms with van der Waals surface area (Å²) in [4.78, 5) is 27.5. The summed E-state index contributed by atoms with van der Waals surface area (Å²) in [6, 6.07) is 0. The minimum absolute atomic E-state index is 0.156. The quantitative estimate of drug-likeness (QED) is 0.795. The van der Waals surface area contributed by atoms with E-state index in [1.165, 1.54) is 44.1 Å². The molecule has 2 aliphatic rings. The highest BCUT2D eigenvalue weighted by molar-refractivity contribution is 8.00. The summed E-state index contributed by atoms with van der Waals surface area (Å²) in [7, 11) is 0. The first-order valence-corrected chi connectivity index (χ1v) is 9.56. The maximum atomic E-state index is 12.2. The van der Waals surface area contributed by atoms with Crippen molar-refractivity contribution in [2.45, 2.75) is 32.6 Å². The number of primary amides is 1. The molecule has 0 radical (unpaired) electrons. The molecule has 22 heavy (non-hydrogen) atoms. The Bertz CT molecular complexity index is 384. The maximum Gasteiger partial charge on any atom is 0.232 e. The number of amides is 2. The average Bonchev–Trinajstić information content (AvgIpc) is 2.49. The molecule has 0 aromatic carbocycles.